The van der Waals surface area contributed by atoms with E-state index in [2.05, 4.69) is 20.6 Å². The lowest BCUT2D eigenvalue weighted by Crippen LogP contribution is -2.38. The Balaban J connectivity index is 1.65. The number of carbonyl (C=O) groups excluding carboxylic acids is 2. The third kappa shape index (κ3) is 4.24. The van der Waals surface area contributed by atoms with Crippen molar-refractivity contribution in [1.82, 2.24) is 9.97 Å². The molecular weight excluding hydrogens is 417 g/mol. The van der Waals surface area contributed by atoms with Crippen molar-refractivity contribution in [3.63, 3.8) is 0 Å². The molecule has 31 heavy (non-hydrogen) atoms. The van der Waals surface area contributed by atoms with Gasteiger partial charge in [0.05, 0.1) is 35.9 Å². The van der Waals surface area contributed by atoms with E-state index in [1.807, 2.05) is 4.90 Å². The Kier molecular flexibility index (Phi) is 5.39. The van der Waals surface area contributed by atoms with Crippen LogP contribution in [0.15, 0.2) is 24.3 Å². The highest BCUT2D eigenvalue weighted by Crippen LogP contribution is 2.38. The number of halogens is 3. The molecule has 1 fully saturated rings. The van der Waals surface area contributed by atoms with Crippen molar-refractivity contribution in [1.29, 1.82) is 0 Å². The summed E-state index contributed by atoms with van der Waals surface area (Å²) >= 11 is 0. The number of alkyl halides is 3. The van der Waals surface area contributed by atoms with E-state index in [4.69, 9.17) is 10.5 Å². The molecule has 0 radical (unpaired) electrons. The predicted molar refractivity (Wildman–Crippen MR) is 106 cm³/mol. The van der Waals surface area contributed by atoms with Crippen LogP contribution in [-0.2, 0) is 20.5 Å². The fourth-order valence-corrected chi connectivity index (χ4v) is 3.57. The van der Waals surface area contributed by atoms with Crippen molar-refractivity contribution in [2.75, 3.05) is 47.6 Å². The van der Waals surface area contributed by atoms with Gasteiger partial charge in [-0.25, -0.2) is 0 Å². The van der Waals surface area contributed by atoms with Crippen molar-refractivity contribution in [3.05, 3.63) is 35.4 Å². The van der Waals surface area contributed by atoms with E-state index in [-0.39, 0.29) is 29.6 Å². The molecule has 4 N–H and O–H groups in total. The van der Waals surface area contributed by atoms with Crippen LogP contribution in [0.5, 0.6) is 0 Å². The summed E-state index contributed by atoms with van der Waals surface area (Å²) in [6.07, 6.45) is -4.95. The number of hydrogen-bond acceptors (Lipinski definition) is 7. The summed E-state index contributed by atoms with van der Waals surface area (Å²) in [5, 5.41) is 4.85. The lowest BCUT2D eigenvalue weighted by molar-refractivity contribution is -0.137. The molecule has 1 saturated heterocycles. The summed E-state index contributed by atoms with van der Waals surface area (Å²) in [5.74, 6) is -2.10. The topological polar surface area (TPSA) is 122 Å². The first-order valence-corrected chi connectivity index (χ1v) is 9.51. The van der Waals surface area contributed by atoms with Crippen molar-refractivity contribution in [3.8, 4) is 0 Å². The van der Waals surface area contributed by atoms with Gasteiger partial charge in [-0.2, -0.15) is 23.1 Å². The Bertz CT molecular complexity index is 1020. The van der Waals surface area contributed by atoms with E-state index in [9.17, 15) is 22.8 Å². The quantitative estimate of drug-likeness (QED) is 0.672. The van der Waals surface area contributed by atoms with Gasteiger partial charge < -0.3 is 26.0 Å². The van der Waals surface area contributed by atoms with E-state index in [1.54, 1.807) is 0 Å². The van der Waals surface area contributed by atoms with E-state index >= 15 is 0 Å². The maximum atomic E-state index is 13.3. The molecule has 2 aromatic rings. The SMILES string of the molecule is Nc1nc(N2CCOCC2)nc2c1C(C(=O)Nc1ccccc1C(F)(F)F)CC(=O)N2. The van der Waals surface area contributed by atoms with Crippen LogP contribution in [0.4, 0.5) is 36.4 Å². The highest BCUT2D eigenvalue weighted by molar-refractivity contribution is 6.05. The van der Waals surface area contributed by atoms with Crippen LogP contribution in [0.1, 0.15) is 23.5 Å². The molecule has 9 nitrogen and oxygen atoms in total. The molecule has 0 spiro atoms. The summed E-state index contributed by atoms with van der Waals surface area (Å²) in [7, 11) is 0. The Labute approximate surface area is 174 Å². The van der Waals surface area contributed by atoms with Crippen LogP contribution in [0.25, 0.3) is 0 Å². The second kappa shape index (κ2) is 8.02. The molecule has 164 valence electrons. The maximum absolute atomic E-state index is 13.3. The minimum Gasteiger partial charge on any atom is -0.383 e. The molecule has 1 aromatic carbocycles. The Hall–Kier alpha value is -3.41. The van der Waals surface area contributed by atoms with Crippen LogP contribution >= 0.6 is 0 Å². The zero-order chi connectivity index (χ0) is 22.2. The standard InChI is InChI=1S/C19H19F3N6O3/c20-19(21,22)11-3-1-2-4-12(11)24-17(30)10-9-13(29)25-16-14(10)15(23)26-18(27-16)28-5-7-31-8-6-28/h1-4,10H,5-9H2,(H,24,30)(H3,23,25,26,27,29). The molecule has 2 amide bonds. The number of amides is 2. The van der Waals surface area contributed by atoms with Crippen LogP contribution in [0.2, 0.25) is 0 Å². The number of anilines is 4. The minimum absolute atomic E-state index is 0.0178. The largest absolute Gasteiger partial charge is 0.418 e. The molecule has 2 aliphatic heterocycles. The normalized spacial score (nSPS) is 18.9. The van der Waals surface area contributed by atoms with Crippen LogP contribution in [0, 0.1) is 0 Å². The average molecular weight is 436 g/mol. The molecule has 0 saturated carbocycles. The Morgan fingerprint density at radius 1 is 1.23 bits per heavy atom. The predicted octanol–water partition coefficient (Wildman–Crippen LogP) is 1.98. The molecule has 4 rings (SSSR count). The van der Waals surface area contributed by atoms with E-state index in [1.165, 1.54) is 12.1 Å². The minimum atomic E-state index is -4.65. The Morgan fingerprint density at radius 2 is 1.94 bits per heavy atom. The number of nitrogens with zero attached hydrogens (tertiary/aromatic N) is 3. The third-order valence-electron chi connectivity index (χ3n) is 5.06. The number of morpholine rings is 1. The molecule has 1 unspecified atom stereocenters. The molecule has 0 aliphatic carbocycles. The second-order valence-electron chi connectivity index (χ2n) is 7.11. The number of benzene rings is 1. The summed E-state index contributed by atoms with van der Waals surface area (Å²) in [6, 6.07) is 4.61. The van der Waals surface area contributed by atoms with Gasteiger partial charge >= 0.3 is 6.18 Å². The number of carbonyl (C=O) groups is 2. The van der Waals surface area contributed by atoms with Crippen molar-refractivity contribution >= 4 is 35.1 Å². The average Bonchev–Trinajstić information content (AvgIpc) is 2.73. The van der Waals surface area contributed by atoms with Crippen molar-refractivity contribution in [2.24, 2.45) is 0 Å². The fourth-order valence-electron chi connectivity index (χ4n) is 3.57. The number of ether oxygens (including phenoxy) is 1. The molecule has 1 aromatic heterocycles. The van der Waals surface area contributed by atoms with Gasteiger partial charge in [0.15, 0.2) is 0 Å². The fraction of sp³-hybridized carbons (Fsp3) is 0.368. The third-order valence-corrected chi connectivity index (χ3v) is 5.06. The molecule has 0 bridgehead atoms. The lowest BCUT2D eigenvalue weighted by atomic mass is 9.91. The number of hydrogen-bond donors (Lipinski definition) is 3. The monoisotopic (exact) mass is 436 g/mol. The zero-order valence-corrected chi connectivity index (χ0v) is 16.2. The molecular formula is C19H19F3N6O3. The molecule has 12 heteroatoms. The number of nitrogens with one attached hydrogen (secondary N) is 2. The second-order valence-corrected chi connectivity index (χ2v) is 7.11. The number of rotatable bonds is 3. The van der Waals surface area contributed by atoms with Gasteiger partial charge in [0.2, 0.25) is 17.8 Å². The maximum Gasteiger partial charge on any atom is 0.418 e. The van der Waals surface area contributed by atoms with Crippen molar-refractivity contribution in [2.45, 2.75) is 18.5 Å². The summed E-state index contributed by atoms with van der Waals surface area (Å²) in [6.45, 7) is 2.03. The first-order chi connectivity index (χ1) is 14.7. The summed E-state index contributed by atoms with van der Waals surface area (Å²) in [4.78, 5) is 35.5. The van der Waals surface area contributed by atoms with Crippen LogP contribution in [0.3, 0.4) is 0 Å². The highest BCUT2D eigenvalue weighted by Gasteiger charge is 2.37. The summed E-state index contributed by atoms with van der Waals surface area (Å²) < 4.78 is 45.1. The Morgan fingerprint density at radius 3 is 2.65 bits per heavy atom. The van der Waals surface area contributed by atoms with Gasteiger partial charge in [-0.05, 0) is 12.1 Å². The lowest BCUT2D eigenvalue weighted by Gasteiger charge is -2.30. The number of nitrogen functional groups attached to an aromatic ring is 1. The van der Waals surface area contributed by atoms with Gasteiger partial charge in [0.25, 0.3) is 0 Å². The smallest absolute Gasteiger partial charge is 0.383 e. The summed E-state index contributed by atoms with van der Waals surface area (Å²) in [5.41, 5.74) is 4.88. The van der Waals surface area contributed by atoms with Gasteiger partial charge in [-0.15, -0.1) is 0 Å². The zero-order valence-electron chi connectivity index (χ0n) is 16.2. The number of para-hydroxylation sites is 1. The number of nitrogens with two attached hydrogens (primary N) is 1. The van der Waals surface area contributed by atoms with Crippen LogP contribution in [-0.4, -0.2) is 48.1 Å². The number of aromatic nitrogens is 2. The van der Waals surface area contributed by atoms with E-state index in [0.29, 0.717) is 26.3 Å². The number of fused-ring (bicyclic) bond motifs is 1. The van der Waals surface area contributed by atoms with Crippen molar-refractivity contribution < 1.29 is 27.5 Å². The van der Waals surface area contributed by atoms with Gasteiger partial charge in [0.1, 0.15) is 11.6 Å². The van der Waals surface area contributed by atoms with E-state index < -0.39 is 35.2 Å². The molecule has 2 aliphatic rings. The first-order valence-electron chi connectivity index (χ1n) is 9.51. The van der Waals surface area contributed by atoms with Crippen LogP contribution < -0.4 is 21.3 Å². The first kappa shape index (κ1) is 20.8. The van der Waals surface area contributed by atoms with Gasteiger partial charge in [-0.3, -0.25) is 9.59 Å². The van der Waals surface area contributed by atoms with Gasteiger partial charge in [0, 0.05) is 19.5 Å². The highest BCUT2D eigenvalue weighted by atomic mass is 19.4. The van der Waals surface area contributed by atoms with E-state index in [0.717, 1.165) is 12.1 Å². The molecule has 1 atom stereocenters. The molecule has 3 heterocycles. The van der Waals surface area contributed by atoms with Gasteiger partial charge in [-0.1, -0.05) is 12.1 Å².